The first-order valence-electron chi connectivity index (χ1n) is 9.36. The van der Waals surface area contributed by atoms with Crippen LogP contribution in [0.25, 0.3) is 0 Å². The summed E-state index contributed by atoms with van der Waals surface area (Å²) < 4.78 is 5.51. The molecule has 0 radical (unpaired) electrons. The Hall–Kier alpha value is -1.94. The van der Waals surface area contributed by atoms with Gasteiger partial charge in [0.2, 0.25) is 0 Å². The van der Waals surface area contributed by atoms with Gasteiger partial charge in [-0.2, -0.15) is 0 Å². The van der Waals surface area contributed by atoms with Crippen LogP contribution in [-0.2, 0) is 14.3 Å². The topological polar surface area (TPSA) is 55.7 Å². The van der Waals surface area contributed by atoms with Crippen molar-refractivity contribution in [2.24, 2.45) is 16.3 Å². The number of aliphatic imine (C=N–C) groups is 1. The third-order valence-electron chi connectivity index (χ3n) is 5.14. The van der Waals surface area contributed by atoms with Crippen LogP contribution in [0.1, 0.15) is 58.9 Å². The Morgan fingerprint density at radius 1 is 1.22 bits per heavy atom. The third kappa shape index (κ3) is 4.01. The standard InChI is InChI=1S/C22H26ClNO3/c1-12(2)27-21(26)18-13(3)24-16-10-22(4,5)11-17(25)20(16)19(18)14-6-8-15(23)9-7-14/h6-9,12,18-19H,10-11H2,1-5H3/t18?,19-/m1/s1. The number of ketones is 1. The molecule has 1 unspecified atom stereocenters. The van der Waals surface area contributed by atoms with Gasteiger partial charge in [-0.05, 0) is 50.3 Å². The second-order valence-electron chi connectivity index (χ2n) is 8.55. The number of esters is 1. The molecule has 0 saturated carbocycles. The van der Waals surface area contributed by atoms with Crippen molar-refractivity contribution in [2.45, 2.75) is 59.5 Å². The van der Waals surface area contributed by atoms with Crippen LogP contribution in [0.5, 0.6) is 0 Å². The summed E-state index contributed by atoms with van der Waals surface area (Å²) in [4.78, 5) is 30.7. The molecule has 0 saturated heterocycles. The minimum atomic E-state index is -0.600. The van der Waals surface area contributed by atoms with Crippen molar-refractivity contribution in [3.05, 3.63) is 46.1 Å². The molecule has 27 heavy (non-hydrogen) atoms. The van der Waals surface area contributed by atoms with Crippen LogP contribution in [0, 0.1) is 11.3 Å². The van der Waals surface area contributed by atoms with Gasteiger partial charge in [0.15, 0.2) is 5.78 Å². The number of allylic oxidation sites excluding steroid dienone is 2. The lowest BCUT2D eigenvalue weighted by atomic mass is 9.67. The number of hydrogen-bond donors (Lipinski definition) is 0. The number of hydrogen-bond acceptors (Lipinski definition) is 4. The van der Waals surface area contributed by atoms with E-state index in [4.69, 9.17) is 21.3 Å². The van der Waals surface area contributed by atoms with Gasteiger partial charge in [-0.1, -0.05) is 37.6 Å². The number of Topliss-reactive ketones (excluding diaryl/α,β-unsaturated/α-hetero) is 1. The molecule has 144 valence electrons. The first-order valence-corrected chi connectivity index (χ1v) is 9.74. The third-order valence-corrected chi connectivity index (χ3v) is 5.39. The van der Waals surface area contributed by atoms with Gasteiger partial charge < -0.3 is 4.74 Å². The Bertz CT molecular complexity index is 834. The summed E-state index contributed by atoms with van der Waals surface area (Å²) in [5.41, 5.74) is 2.93. The summed E-state index contributed by atoms with van der Waals surface area (Å²) in [6, 6.07) is 7.36. The summed E-state index contributed by atoms with van der Waals surface area (Å²) in [5, 5.41) is 0.617. The SMILES string of the molecule is CC1=NC2=C(C(=O)CC(C)(C)C2)[C@H](c2ccc(Cl)cc2)C1C(=O)OC(C)C. The fraction of sp³-hybridized carbons (Fsp3) is 0.500. The summed E-state index contributed by atoms with van der Waals surface area (Å²) in [7, 11) is 0. The lowest BCUT2D eigenvalue weighted by Gasteiger charge is -2.39. The maximum Gasteiger partial charge on any atom is 0.315 e. The fourth-order valence-corrected chi connectivity index (χ4v) is 4.21. The van der Waals surface area contributed by atoms with Crippen molar-refractivity contribution in [1.29, 1.82) is 0 Å². The van der Waals surface area contributed by atoms with E-state index < -0.39 is 5.92 Å². The first-order chi connectivity index (χ1) is 12.6. The number of ether oxygens (including phenoxy) is 1. The van der Waals surface area contributed by atoms with Crippen LogP contribution in [0.2, 0.25) is 5.02 Å². The van der Waals surface area contributed by atoms with E-state index >= 15 is 0 Å². The zero-order valence-corrected chi connectivity index (χ0v) is 17.3. The van der Waals surface area contributed by atoms with Crippen molar-refractivity contribution in [3.63, 3.8) is 0 Å². The monoisotopic (exact) mass is 387 g/mol. The smallest absolute Gasteiger partial charge is 0.315 e. The molecule has 1 aliphatic heterocycles. The van der Waals surface area contributed by atoms with Crippen LogP contribution in [0.3, 0.4) is 0 Å². The van der Waals surface area contributed by atoms with Crippen molar-refractivity contribution in [2.75, 3.05) is 0 Å². The van der Waals surface area contributed by atoms with Crippen molar-refractivity contribution >= 4 is 29.1 Å². The average Bonchev–Trinajstić information content (AvgIpc) is 2.52. The second kappa shape index (κ2) is 7.23. The van der Waals surface area contributed by atoms with Gasteiger partial charge in [-0.3, -0.25) is 14.6 Å². The molecule has 0 spiro atoms. The summed E-state index contributed by atoms with van der Waals surface area (Å²) in [6.45, 7) is 9.66. The van der Waals surface area contributed by atoms with Gasteiger partial charge in [0.25, 0.3) is 0 Å². The molecule has 1 aromatic carbocycles. The molecule has 2 aliphatic rings. The minimum absolute atomic E-state index is 0.0693. The first kappa shape index (κ1) is 19.8. The van der Waals surface area contributed by atoms with E-state index in [-0.39, 0.29) is 29.2 Å². The Labute approximate surface area is 165 Å². The van der Waals surface area contributed by atoms with Crippen LogP contribution < -0.4 is 0 Å². The van der Waals surface area contributed by atoms with Crippen LogP contribution in [0.4, 0.5) is 0 Å². The Morgan fingerprint density at radius 3 is 2.44 bits per heavy atom. The highest BCUT2D eigenvalue weighted by Gasteiger charge is 2.46. The summed E-state index contributed by atoms with van der Waals surface area (Å²) >= 11 is 6.06. The molecule has 4 nitrogen and oxygen atoms in total. The molecule has 3 rings (SSSR count). The highest BCUT2D eigenvalue weighted by atomic mass is 35.5. The summed E-state index contributed by atoms with van der Waals surface area (Å²) in [6.07, 6.45) is 0.949. The highest BCUT2D eigenvalue weighted by molar-refractivity contribution is 6.30. The largest absolute Gasteiger partial charge is 0.462 e. The molecule has 2 atom stereocenters. The fourth-order valence-electron chi connectivity index (χ4n) is 4.09. The molecule has 0 aromatic heterocycles. The van der Waals surface area contributed by atoms with E-state index in [1.165, 1.54) is 0 Å². The van der Waals surface area contributed by atoms with Crippen molar-refractivity contribution in [1.82, 2.24) is 0 Å². The van der Waals surface area contributed by atoms with E-state index in [0.29, 0.717) is 22.7 Å². The maximum absolute atomic E-state index is 13.1. The van der Waals surface area contributed by atoms with E-state index in [1.54, 1.807) is 12.1 Å². The van der Waals surface area contributed by atoms with Gasteiger partial charge in [0.1, 0.15) is 5.92 Å². The van der Waals surface area contributed by atoms with Crippen LogP contribution >= 0.6 is 11.6 Å². The number of benzene rings is 1. The zero-order valence-electron chi connectivity index (χ0n) is 16.5. The maximum atomic E-state index is 13.1. The Kier molecular flexibility index (Phi) is 5.31. The lowest BCUT2D eigenvalue weighted by Crippen LogP contribution is -2.40. The van der Waals surface area contributed by atoms with E-state index in [0.717, 1.165) is 17.7 Å². The number of carbonyl (C=O) groups is 2. The quantitative estimate of drug-likeness (QED) is 0.677. The molecule has 5 heteroatoms. The number of nitrogens with zero attached hydrogens (tertiary/aromatic N) is 1. The highest BCUT2D eigenvalue weighted by Crippen LogP contribution is 2.48. The Balaban J connectivity index is 2.14. The van der Waals surface area contributed by atoms with Gasteiger partial charge in [0.05, 0.1) is 6.10 Å². The molecule has 0 N–H and O–H groups in total. The normalized spacial score (nSPS) is 24.6. The van der Waals surface area contributed by atoms with E-state index in [1.807, 2.05) is 32.9 Å². The van der Waals surface area contributed by atoms with Crippen LogP contribution in [-0.4, -0.2) is 23.6 Å². The van der Waals surface area contributed by atoms with E-state index in [2.05, 4.69) is 13.8 Å². The molecule has 1 heterocycles. The molecule has 0 fully saturated rings. The molecule has 1 aromatic rings. The lowest BCUT2D eigenvalue weighted by molar-refractivity contribution is -0.150. The molecule has 0 amide bonds. The zero-order chi connectivity index (χ0) is 19.9. The van der Waals surface area contributed by atoms with Gasteiger partial charge in [-0.15, -0.1) is 0 Å². The molecule has 0 bridgehead atoms. The Morgan fingerprint density at radius 2 is 1.85 bits per heavy atom. The second-order valence-corrected chi connectivity index (χ2v) is 8.98. The minimum Gasteiger partial charge on any atom is -0.462 e. The van der Waals surface area contributed by atoms with E-state index in [9.17, 15) is 9.59 Å². The predicted octanol–water partition coefficient (Wildman–Crippen LogP) is 5.11. The van der Waals surface area contributed by atoms with Gasteiger partial charge in [0, 0.05) is 34.3 Å². The molecular formula is C22H26ClNO3. The van der Waals surface area contributed by atoms with Crippen molar-refractivity contribution in [3.8, 4) is 0 Å². The molecule has 1 aliphatic carbocycles. The predicted molar refractivity (Wildman–Crippen MR) is 107 cm³/mol. The van der Waals surface area contributed by atoms with Gasteiger partial charge in [-0.25, -0.2) is 0 Å². The number of carbonyl (C=O) groups excluding carboxylic acids is 2. The van der Waals surface area contributed by atoms with Gasteiger partial charge >= 0.3 is 5.97 Å². The average molecular weight is 388 g/mol. The van der Waals surface area contributed by atoms with Crippen LogP contribution in [0.15, 0.2) is 40.5 Å². The molecular weight excluding hydrogens is 362 g/mol. The number of halogens is 1. The summed E-state index contributed by atoms with van der Waals surface area (Å²) in [5.74, 6) is -1.25. The van der Waals surface area contributed by atoms with Crippen molar-refractivity contribution < 1.29 is 14.3 Å². The number of rotatable bonds is 3.